The third-order valence-corrected chi connectivity index (χ3v) is 3.23. The molecule has 0 aliphatic carbocycles. The Labute approximate surface area is 101 Å². The lowest BCUT2D eigenvalue weighted by molar-refractivity contribution is 0.414. The predicted molar refractivity (Wildman–Crippen MR) is 69.6 cm³/mol. The first-order chi connectivity index (χ1) is 7.78. The van der Waals surface area contributed by atoms with E-state index in [9.17, 15) is 0 Å². The maximum Gasteiger partial charge on any atom is 0.119 e. The second-order valence-corrected chi connectivity index (χ2v) is 4.14. The summed E-state index contributed by atoms with van der Waals surface area (Å²) < 4.78 is 5.24. The van der Waals surface area contributed by atoms with Gasteiger partial charge in [-0.2, -0.15) is 0 Å². The van der Waals surface area contributed by atoms with Gasteiger partial charge in [0.15, 0.2) is 0 Å². The molecular formula is C13H16ClNO. The molecule has 0 N–H and O–H groups in total. The first kappa shape index (κ1) is 11.3. The summed E-state index contributed by atoms with van der Waals surface area (Å²) in [6.07, 6.45) is 2.16. The maximum absolute atomic E-state index is 5.92. The number of hydrogen-bond donors (Lipinski definition) is 0. The molecule has 0 aromatic heterocycles. The Morgan fingerprint density at radius 2 is 2.25 bits per heavy atom. The van der Waals surface area contributed by atoms with Crippen molar-refractivity contribution in [1.29, 1.82) is 0 Å². The second-order valence-electron chi connectivity index (χ2n) is 3.88. The number of benzene rings is 1. The summed E-state index contributed by atoms with van der Waals surface area (Å²) in [4.78, 5) is 2.33. The Balaban J connectivity index is 2.45. The van der Waals surface area contributed by atoms with E-state index >= 15 is 0 Å². The zero-order valence-corrected chi connectivity index (χ0v) is 10.4. The molecule has 2 nitrogen and oxygen atoms in total. The summed E-state index contributed by atoms with van der Waals surface area (Å²) in [7, 11) is 1.69. The summed E-state index contributed by atoms with van der Waals surface area (Å²) in [5.41, 5.74) is 3.71. The van der Waals surface area contributed by atoms with Crippen LogP contribution in [0.3, 0.4) is 0 Å². The normalized spacial score (nSPS) is 14.4. The molecule has 0 atom stereocenters. The summed E-state index contributed by atoms with van der Waals surface area (Å²) in [6, 6.07) is 6.17. The molecule has 0 saturated heterocycles. The fourth-order valence-electron chi connectivity index (χ4n) is 2.02. The number of methoxy groups -OCH3 is 1. The van der Waals surface area contributed by atoms with Gasteiger partial charge in [0.25, 0.3) is 0 Å². The van der Waals surface area contributed by atoms with Gasteiger partial charge in [0, 0.05) is 30.2 Å². The van der Waals surface area contributed by atoms with Crippen LogP contribution in [0.1, 0.15) is 12.5 Å². The minimum atomic E-state index is 0.590. The lowest BCUT2D eigenvalue weighted by Gasteiger charge is -2.30. The molecule has 86 valence electrons. The van der Waals surface area contributed by atoms with E-state index < -0.39 is 0 Å². The van der Waals surface area contributed by atoms with Crippen LogP contribution in [0.2, 0.25) is 0 Å². The number of anilines is 1. The smallest absolute Gasteiger partial charge is 0.119 e. The fraction of sp³-hybridized carbons (Fsp3) is 0.385. The van der Waals surface area contributed by atoms with Gasteiger partial charge in [0.05, 0.1) is 7.11 Å². The minimum Gasteiger partial charge on any atom is -0.497 e. The monoisotopic (exact) mass is 237 g/mol. The number of alkyl halides is 1. The second kappa shape index (κ2) is 4.79. The molecular weight excluding hydrogens is 222 g/mol. The van der Waals surface area contributed by atoms with E-state index in [-0.39, 0.29) is 0 Å². The van der Waals surface area contributed by atoms with Gasteiger partial charge in [-0.1, -0.05) is 6.08 Å². The van der Waals surface area contributed by atoms with Gasteiger partial charge in [-0.05, 0) is 30.7 Å². The lowest BCUT2D eigenvalue weighted by Crippen LogP contribution is -2.28. The van der Waals surface area contributed by atoms with E-state index in [1.165, 1.54) is 16.8 Å². The van der Waals surface area contributed by atoms with Gasteiger partial charge < -0.3 is 9.64 Å². The number of hydrogen-bond acceptors (Lipinski definition) is 2. The number of rotatable bonds is 3. The first-order valence-corrected chi connectivity index (χ1v) is 6.00. The van der Waals surface area contributed by atoms with Gasteiger partial charge in [0.2, 0.25) is 0 Å². The van der Waals surface area contributed by atoms with Crippen molar-refractivity contribution in [2.24, 2.45) is 0 Å². The van der Waals surface area contributed by atoms with Crippen molar-refractivity contribution >= 4 is 23.4 Å². The third-order valence-electron chi connectivity index (χ3n) is 2.88. The van der Waals surface area contributed by atoms with Crippen LogP contribution in [0.5, 0.6) is 5.75 Å². The Kier molecular flexibility index (Phi) is 3.39. The molecule has 1 aromatic rings. The van der Waals surface area contributed by atoms with E-state index in [4.69, 9.17) is 16.3 Å². The van der Waals surface area contributed by atoms with E-state index in [2.05, 4.69) is 30.0 Å². The molecule has 2 rings (SSSR count). The lowest BCUT2D eigenvalue weighted by atomic mass is 10.0. The molecule has 0 bridgehead atoms. The topological polar surface area (TPSA) is 12.5 Å². The van der Waals surface area contributed by atoms with Crippen molar-refractivity contribution in [1.82, 2.24) is 0 Å². The van der Waals surface area contributed by atoms with Crippen LogP contribution in [-0.2, 0) is 0 Å². The number of likely N-dealkylation sites (N-methyl/N-ethyl adjacent to an activating group) is 1. The highest BCUT2D eigenvalue weighted by Crippen LogP contribution is 2.31. The minimum absolute atomic E-state index is 0.590. The van der Waals surface area contributed by atoms with Crippen molar-refractivity contribution in [3.63, 3.8) is 0 Å². The summed E-state index contributed by atoms with van der Waals surface area (Å²) >= 11 is 5.92. The number of ether oxygens (including phenoxy) is 1. The van der Waals surface area contributed by atoms with Gasteiger partial charge in [-0.25, -0.2) is 0 Å². The predicted octanol–water partition coefficient (Wildman–Crippen LogP) is 3.16. The van der Waals surface area contributed by atoms with E-state index in [0.717, 1.165) is 18.8 Å². The van der Waals surface area contributed by atoms with Crippen molar-refractivity contribution in [3.8, 4) is 5.75 Å². The largest absolute Gasteiger partial charge is 0.497 e. The van der Waals surface area contributed by atoms with Crippen LogP contribution < -0.4 is 9.64 Å². The van der Waals surface area contributed by atoms with Crippen LogP contribution in [-0.4, -0.2) is 26.1 Å². The Morgan fingerprint density at radius 1 is 1.44 bits per heavy atom. The molecule has 1 aliphatic heterocycles. The molecule has 1 aromatic carbocycles. The molecule has 0 unspecified atom stereocenters. The molecule has 0 fully saturated rings. The van der Waals surface area contributed by atoms with Gasteiger partial charge in [-0.15, -0.1) is 11.6 Å². The fourth-order valence-corrected chi connectivity index (χ4v) is 2.18. The number of nitrogens with zero attached hydrogens (tertiary/aromatic N) is 1. The maximum atomic E-state index is 5.92. The molecule has 16 heavy (non-hydrogen) atoms. The van der Waals surface area contributed by atoms with Crippen molar-refractivity contribution < 1.29 is 4.74 Å². The molecule has 0 radical (unpaired) electrons. The SMILES string of the molecule is CCN1CC(CCl)=Cc2cc(OC)ccc21. The van der Waals surface area contributed by atoms with Crippen LogP contribution in [0.4, 0.5) is 5.69 Å². The zero-order valence-electron chi connectivity index (χ0n) is 9.66. The Morgan fingerprint density at radius 3 is 2.88 bits per heavy atom. The molecule has 3 heteroatoms. The third kappa shape index (κ3) is 2.03. The first-order valence-electron chi connectivity index (χ1n) is 5.47. The van der Waals surface area contributed by atoms with Crippen molar-refractivity contribution in [2.45, 2.75) is 6.92 Å². The summed E-state index contributed by atoms with van der Waals surface area (Å²) in [5.74, 6) is 1.48. The van der Waals surface area contributed by atoms with Crippen LogP contribution in [0.15, 0.2) is 23.8 Å². The van der Waals surface area contributed by atoms with E-state index in [0.29, 0.717) is 5.88 Å². The number of halogens is 1. The number of fused-ring (bicyclic) bond motifs is 1. The quantitative estimate of drug-likeness (QED) is 0.749. The molecule has 1 aliphatic rings. The highest BCUT2D eigenvalue weighted by molar-refractivity contribution is 6.20. The van der Waals surface area contributed by atoms with Gasteiger partial charge in [0.1, 0.15) is 5.75 Å². The van der Waals surface area contributed by atoms with Crippen LogP contribution >= 0.6 is 11.6 Å². The van der Waals surface area contributed by atoms with Crippen molar-refractivity contribution in [3.05, 3.63) is 29.3 Å². The molecule has 1 heterocycles. The zero-order chi connectivity index (χ0) is 11.5. The van der Waals surface area contributed by atoms with Gasteiger partial charge >= 0.3 is 0 Å². The van der Waals surface area contributed by atoms with Crippen molar-refractivity contribution in [2.75, 3.05) is 31.0 Å². The summed E-state index contributed by atoms with van der Waals surface area (Å²) in [5, 5.41) is 0. The van der Waals surface area contributed by atoms with Gasteiger partial charge in [-0.3, -0.25) is 0 Å². The average Bonchev–Trinajstić information content (AvgIpc) is 2.36. The van der Waals surface area contributed by atoms with E-state index in [1.54, 1.807) is 7.11 Å². The van der Waals surface area contributed by atoms with Crippen LogP contribution in [0, 0.1) is 0 Å². The molecule has 0 spiro atoms. The van der Waals surface area contributed by atoms with E-state index in [1.807, 2.05) is 6.07 Å². The molecule has 0 amide bonds. The highest BCUT2D eigenvalue weighted by atomic mass is 35.5. The Bertz CT molecular complexity index is 414. The standard InChI is InChI=1S/C13H16ClNO/c1-3-15-9-10(8-14)6-11-7-12(16-2)4-5-13(11)15/h4-7H,3,8-9H2,1-2H3. The summed E-state index contributed by atoms with van der Waals surface area (Å²) in [6.45, 7) is 4.08. The van der Waals surface area contributed by atoms with Crippen LogP contribution in [0.25, 0.3) is 6.08 Å². The highest BCUT2D eigenvalue weighted by Gasteiger charge is 2.16. The average molecular weight is 238 g/mol. The molecule has 0 saturated carbocycles. The Hall–Kier alpha value is -1.15.